The largest absolute Gasteiger partial charge is 0.354 e. The van der Waals surface area contributed by atoms with Crippen molar-refractivity contribution >= 4 is 52.3 Å². The molecule has 1 aliphatic rings. The number of aryl methyl sites for hydroxylation is 1. The van der Waals surface area contributed by atoms with E-state index in [-0.39, 0.29) is 29.4 Å². The molecule has 1 atom stereocenters. The number of hydrogen-bond donors (Lipinski definition) is 1. The van der Waals surface area contributed by atoms with Gasteiger partial charge in [-0.1, -0.05) is 61.8 Å². The van der Waals surface area contributed by atoms with E-state index < -0.39 is 0 Å². The van der Waals surface area contributed by atoms with Gasteiger partial charge in [0.25, 0.3) is 0 Å². The fourth-order valence-electron chi connectivity index (χ4n) is 4.53. The molecule has 38 heavy (non-hydrogen) atoms. The Bertz CT molecular complexity index is 1470. The Morgan fingerprint density at radius 1 is 1.16 bits per heavy atom. The van der Waals surface area contributed by atoms with Crippen LogP contribution >= 0.6 is 34.7 Å². The number of carbonyl (C=O) groups is 2. The fraction of sp³-hybridized carbons (Fsp3) is 0.276. The van der Waals surface area contributed by atoms with Crippen LogP contribution < -0.4 is 10.2 Å². The number of nitrogens with zero attached hydrogens (tertiary/aromatic N) is 3. The van der Waals surface area contributed by atoms with E-state index in [1.807, 2.05) is 91.5 Å². The number of hydrogen-bond acceptors (Lipinski definition) is 5. The van der Waals surface area contributed by atoms with E-state index in [1.54, 1.807) is 16.2 Å². The lowest BCUT2D eigenvalue weighted by Crippen LogP contribution is -2.43. The molecule has 0 saturated carbocycles. The molecule has 3 heterocycles. The number of aromatic nitrogens is 2. The standard InChI is InChI=1S/C29H29ClN4O2S2/c1-18(2)15-31-24(35)16-33-25(36)17-38-28(20-9-6-10-21(30)14-20)26-27(23-12-7-13-37-23)32-34(29(26)33)22-11-5-4-8-19(22)3/h4-14,18,28H,15-17H2,1-3H3,(H,31,35)/t28-/m0/s1. The second-order valence-electron chi connectivity index (χ2n) is 9.69. The topological polar surface area (TPSA) is 67.2 Å². The molecule has 0 bridgehead atoms. The molecule has 2 aromatic heterocycles. The molecule has 4 aromatic rings. The van der Waals surface area contributed by atoms with Crippen molar-refractivity contribution in [1.82, 2.24) is 15.1 Å². The predicted molar refractivity (Wildman–Crippen MR) is 158 cm³/mol. The molecule has 2 amide bonds. The van der Waals surface area contributed by atoms with Crippen LogP contribution in [0.3, 0.4) is 0 Å². The third-order valence-corrected chi connectivity index (χ3v) is 8.71. The molecule has 0 spiro atoms. The van der Waals surface area contributed by atoms with Gasteiger partial charge in [-0.25, -0.2) is 4.68 Å². The summed E-state index contributed by atoms with van der Waals surface area (Å²) in [6.07, 6.45) is 0. The number of thioether (sulfide) groups is 1. The van der Waals surface area contributed by atoms with Crippen LogP contribution in [0.4, 0.5) is 5.82 Å². The van der Waals surface area contributed by atoms with Crippen LogP contribution in [0.25, 0.3) is 16.3 Å². The minimum atomic E-state index is -0.203. The zero-order valence-electron chi connectivity index (χ0n) is 21.5. The quantitative estimate of drug-likeness (QED) is 0.278. The molecule has 2 aromatic carbocycles. The van der Waals surface area contributed by atoms with Crippen LogP contribution in [0.5, 0.6) is 0 Å². The summed E-state index contributed by atoms with van der Waals surface area (Å²) in [6, 6.07) is 19.8. The molecule has 0 unspecified atom stereocenters. The van der Waals surface area contributed by atoms with Gasteiger partial charge in [0.2, 0.25) is 11.8 Å². The first-order chi connectivity index (χ1) is 18.3. The maximum absolute atomic E-state index is 13.7. The SMILES string of the molecule is Cc1ccccc1-n1nc(-c2cccs2)c2c1N(CC(=O)NCC(C)C)C(=O)CS[C@H]2c1cccc(Cl)c1. The van der Waals surface area contributed by atoms with Gasteiger partial charge in [0.05, 0.1) is 21.6 Å². The molecular formula is C29H29ClN4O2S2. The molecule has 0 fully saturated rings. The Hall–Kier alpha value is -3.07. The van der Waals surface area contributed by atoms with Gasteiger partial charge in [-0.15, -0.1) is 23.1 Å². The molecule has 0 saturated heterocycles. The van der Waals surface area contributed by atoms with Crippen molar-refractivity contribution in [1.29, 1.82) is 0 Å². The van der Waals surface area contributed by atoms with Gasteiger partial charge in [-0.05, 0) is 53.6 Å². The summed E-state index contributed by atoms with van der Waals surface area (Å²) in [5.74, 6) is 0.829. The van der Waals surface area contributed by atoms with Crippen LogP contribution in [0, 0.1) is 12.8 Å². The van der Waals surface area contributed by atoms with E-state index in [0.717, 1.165) is 32.9 Å². The van der Waals surface area contributed by atoms with Crippen molar-refractivity contribution in [3.8, 4) is 16.3 Å². The van der Waals surface area contributed by atoms with Crippen molar-refractivity contribution in [3.05, 3.63) is 87.8 Å². The number of fused-ring (bicyclic) bond motifs is 1. The number of para-hydroxylation sites is 1. The smallest absolute Gasteiger partial charge is 0.240 e. The highest BCUT2D eigenvalue weighted by atomic mass is 35.5. The number of nitrogens with one attached hydrogen (secondary N) is 1. The van der Waals surface area contributed by atoms with Gasteiger partial charge in [0.1, 0.15) is 18.1 Å². The van der Waals surface area contributed by atoms with Gasteiger partial charge < -0.3 is 5.32 Å². The number of halogens is 1. The summed E-state index contributed by atoms with van der Waals surface area (Å²) < 4.78 is 1.84. The number of carbonyl (C=O) groups excluding carboxylic acids is 2. The maximum atomic E-state index is 13.7. The van der Waals surface area contributed by atoms with Crippen LogP contribution in [-0.4, -0.2) is 40.4 Å². The van der Waals surface area contributed by atoms with Crippen molar-refractivity contribution < 1.29 is 9.59 Å². The Morgan fingerprint density at radius 2 is 1.97 bits per heavy atom. The summed E-state index contributed by atoms with van der Waals surface area (Å²) in [6.45, 7) is 6.58. The van der Waals surface area contributed by atoms with Gasteiger partial charge in [-0.2, -0.15) is 5.10 Å². The first kappa shape index (κ1) is 26.5. The van der Waals surface area contributed by atoms with Gasteiger partial charge in [0.15, 0.2) is 0 Å². The Balaban J connectivity index is 1.76. The second-order valence-corrected chi connectivity index (χ2v) is 12.2. The van der Waals surface area contributed by atoms with Crippen LogP contribution in [-0.2, 0) is 9.59 Å². The molecule has 0 radical (unpaired) electrons. The Labute approximate surface area is 236 Å². The van der Waals surface area contributed by atoms with E-state index in [9.17, 15) is 9.59 Å². The predicted octanol–water partition coefficient (Wildman–Crippen LogP) is 6.50. The molecular weight excluding hydrogens is 536 g/mol. The maximum Gasteiger partial charge on any atom is 0.240 e. The monoisotopic (exact) mass is 564 g/mol. The van der Waals surface area contributed by atoms with Gasteiger partial charge in [-0.3, -0.25) is 14.5 Å². The highest BCUT2D eigenvalue weighted by Gasteiger charge is 2.38. The summed E-state index contributed by atoms with van der Waals surface area (Å²) in [5.41, 5.74) is 4.58. The van der Waals surface area contributed by atoms with Crippen LogP contribution in [0.1, 0.15) is 35.8 Å². The average Bonchev–Trinajstić information content (AvgIpc) is 3.52. The number of amides is 2. The highest BCUT2D eigenvalue weighted by molar-refractivity contribution is 8.00. The molecule has 1 N–H and O–H groups in total. The van der Waals surface area contributed by atoms with Crippen LogP contribution in [0.2, 0.25) is 5.02 Å². The summed E-state index contributed by atoms with van der Waals surface area (Å²) >= 11 is 9.56. The van der Waals surface area contributed by atoms with Crippen molar-refractivity contribution in [2.24, 2.45) is 5.92 Å². The minimum absolute atomic E-state index is 0.0805. The minimum Gasteiger partial charge on any atom is -0.354 e. The number of benzene rings is 2. The summed E-state index contributed by atoms with van der Waals surface area (Å²) in [5, 5.41) is 10.6. The normalized spacial score (nSPS) is 15.4. The van der Waals surface area contributed by atoms with Crippen molar-refractivity contribution in [2.75, 3.05) is 23.7 Å². The summed E-state index contributed by atoms with van der Waals surface area (Å²) in [7, 11) is 0. The molecule has 6 nitrogen and oxygen atoms in total. The van der Waals surface area contributed by atoms with Crippen molar-refractivity contribution in [2.45, 2.75) is 26.0 Å². The second kappa shape index (κ2) is 11.4. The first-order valence-corrected chi connectivity index (χ1v) is 14.8. The average molecular weight is 565 g/mol. The molecule has 1 aliphatic heterocycles. The lowest BCUT2D eigenvalue weighted by atomic mass is 10.0. The first-order valence-electron chi connectivity index (χ1n) is 12.5. The molecule has 196 valence electrons. The van der Waals surface area contributed by atoms with E-state index in [0.29, 0.717) is 23.3 Å². The molecule has 5 rings (SSSR count). The molecule has 0 aliphatic carbocycles. The zero-order chi connectivity index (χ0) is 26.8. The Kier molecular flexibility index (Phi) is 7.93. The Morgan fingerprint density at radius 3 is 2.68 bits per heavy atom. The van der Waals surface area contributed by atoms with E-state index >= 15 is 0 Å². The lowest BCUT2D eigenvalue weighted by Gasteiger charge is -2.24. The zero-order valence-corrected chi connectivity index (χ0v) is 23.9. The van der Waals surface area contributed by atoms with Crippen molar-refractivity contribution in [3.63, 3.8) is 0 Å². The van der Waals surface area contributed by atoms with E-state index in [2.05, 4.69) is 5.32 Å². The number of anilines is 1. The lowest BCUT2D eigenvalue weighted by molar-refractivity contribution is -0.123. The third-order valence-electron chi connectivity index (χ3n) is 6.35. The molecule has 9 heteroatoms. The van der Waals surface area contributed by atoms with E-state index in [1.165, 1.54) is 11.8 Å². The summed E-state index contributed by atoms with van der Waals surface area (Å²) in [4.78, 5) is 29.4. The van der Waals surface area contributed by atoms with Gasteiger partial charge >= 0.3 is 0 Å². The fourth-order valence-corrected chi connectivity index (χ4v) is 6.64. The van der Waals surface area contributed by atoms with E-state index in [4.69, 9.17) is 16.7 Å². The highest BCUT2D eigenvalue weighted by Crippen LogP contribution is 2.49. The third kappa shape index (κ3) is 5.39. The van der Waals surface area contributed by atoms with Crippen LogP contribution in [0.15, 0.2) is 66.0 Å². The van der Waals surface area contributed by atoms with Gasteiger partial charge in [0, 0.05) is 17.1 Å². The number of thiophene rings is 1. The number of rotatable bonds is 7.